The first-order chi connectivity index (χ1) is 12.0. The molecule has 0 unspecified atom stereocenters. The third-order valence-corrected chi connectivity index (χ3v) is 5.27. The molecule has 0 bridgehead atoms. The summed E-state index contributed by atoms with van der Waals surface area (Å²) in [5, 5.41) is 0. The van der Waals surface area contributed by atoms with Crippen LogP contribution < -0.4 is 0 Å². The molecule has 0 radical (unpaired) electrons. The SMILES string of the molecule is O=C1c2ccccc2C(=O)c2cc(CS(=O)(=O)O)c(CS(=O)(=O)O)cc21. The molecule has 2 N–H and O–H groups in total. The molecule has 3 rings (SSSR count). The van der Waals surface area contributed by atoms with Crippen LogP contribution in [0.25, 0.3) is 0 Å². The Bertz CT molecular complexity index is 1070. The molecular weight excluding hydrogens is 384 g/mol. The highest BCUT2D eigenvalue weighted by atomic mass is 32.2. The third-order valence-electron chi connectivity index (χ3n) is 3.92. The molecule has 2 aromatic carbocycles. The zero-order valence-corrected chi connectivity index (χ0v) is 14.7. The zero-order valence-electron chi connectivity index (χ0n) is 13.0. The first-order valence-electron chi connectivity index (χ1n) is 7.21. The molecule has 0 atom stereocenters. The van der Waals surface area contributed by atoms with E-state index in [0.717, 1.165) is 12.1 Å². The van der Waals surface area contributed by atoms with Gasteiger partial charge in [-0.15, -0.1) is 0 Å². The molecule has 0 amide bonds. The van der Waals surface area contributed by atoms with E-state index >= 15 is 0 Å². The molecule has 8 nitrogen and oxygen atoms in total. The van der Waals surface area contributed by atoms with E-state index in [1.54, 1.807) is 12.1 Å². The summed E-state index contributed by atoms with van der Waals surface area (Å²) < 4.78 is 63.1. The fourth-order valence-corrected chi connectivity index (χ4v) is 4.22. The van der Waals surface area contributed by atoms with Crippen molar-refractivity contribution in [2.75, 3.05) is 0 Å². The standard InChI is InChI=1S/C16H12O8S2/c17-15-11-3-1-2-4-12(11)16(18)14-6-10(8-26(22,23)24)9(5-13(14)15)7-25(19,20)21/h1-6H,7-8H2,(H,19,20,21)(H,22,23,24). The summed E-state index contributed by atoms with van der Waals surface area (Å²) >= 11 is 0. The Kier molecular flexibility index (Phi) is 4.31. The monoisotopic (exact) mass is 396 g/mol. The molecular formula is C16H12O8S2. The smallest absolute Gasteiger partial charge is 0.269 e. The van der Waals surface area contributed by atoms with E-state index in [0.29, 0.717) is 0 Å². The van der Waals surface area contributed by atoms with Crippen LogP contribution in [0.4, 0.5) is 0 Å². The minimum Gasteiger partial charge on any atom is -0.289 e. The van der Waals surface area contributed by atoms with Gasteiger partial charge in [0.15, 0.2) is 11.6 Å². The topological polar surface area (TPSA) is 143 Å². The molecule has 1 aliphatic carbocycles. The molecule has 0 saturated heterocycles. The molecule has 0 fully saturated rings. The van der Waals surface area contributed by atoms with Crippen LogP contribution in [0, 0.1) is 0 Å². The Hall–Kier alpha value is -2.40. The van der Waals surface area contributed by atoms with Crippen LogP contribution in [-0.4, -0.2) is 37.5 Å². The van der Waals surface area contributed by atoms with Crippen LogP contribution in [0.3, 0.4) is 0 Å². The molecule has 0 heterocycles. The minimum absolute atomic E-state index is 0.0913. The minimum atomic E-state index is -4.55. The van der Waals surface area contributed by atoms with E-state index in [1.807, 2.05) is 0 Å². The van der Waals surface area contributed by atoms with E-state index in [9.17, 15) is 26.4 Å². The van der Waals surface area contributed by atoms with Crippen LogP contribution in [0.15, 0.2) is 36.4 Å². The van der Waals surface area contributed by atoms with Crippen molar-refractivity contribution in [1.82, 2.24) is 0 Å². The number of ketones is 2. The Morgan fingerprint density at radius 3 is 1.31 bits per heavy atom. The lowest BCUT2D eigenvalue weighted by Crippen LogP contribution is -2.22. The Morgan fingerprint density at radius 2 is 1.00 bits per heavy atom. The van der Waals surface area contributed by atoms with Crippen molar-refractivity contribution in [3.63, 3.8) is 0 Å². The number of rotatable bonds is 4. The van der Waals surface area contributed by atoms with Crippen LogP contribution in [-0.2, 0) is 31.7 Å². The Balaban J connectivity index is 2.26. The molecule has 0 aliphatic heterocycles. The lowest BCUT2D eigenvalue weighted by molar-refractivity contribution is 0.0979. The van der Waals surface area contributed by atoms with Gasteiger partial charge in [-0.3, -0.25) is 18.7 Å². The van der Waals surface area contributed by atoms with Crippen LogP contribution >= 0.6 is 0 Å². The van der Waals surface area contributed by atoms with Gasteiger partial charge in [0.25, 0.3) is 20.2 Å². The summed E-state index contributed by atoms with van der Waals surface area (Å²) in [6, 6.07) is 8.18. The average molecular weight is 396 g/mol. The first kappa shape index (κ1) is 18.4. The fraction of sp³-hybridized carbons (Fsp3) is 0.125. The van der Waals surface area contributed by atoms with Gasteiger partial charge in [-0.2, -0.15) is 16.8 Å². The number of carbonyl (C=O) groups is 2. The van der Waals surface area contributed by atoms with Crippen LogP contribution in [0.2, 0.25) is 0 Å². The molecule has 26 heavy (non-hydrogen) atoms. The van der Waals surface area contributed by atoms with Crippen molar-refractivity contribution in [3.8, 4) is 0 Å². The molecule has 10 heteroatoms. The predicted molar refractivity (Wildman–Crippen MR) is 90.3 cm³/mol. The summed E-state index contributed by atoms with van der Waals surface area (Å²) in [5.41, 5.74) is -0.276. The second-order valence-corrected chi connectivity index (χ2v) is 8.73. The number of hydrogen-bond acceptors (Lipinski definition) is 6. The van der Waals surface area contributed by atoms with Gasteiger partial charge >= 0.3 is 0 Å². The summed E-state index contributed by atoms with van der Waals surface area (Å²) in [5.74, 6) is -2.97. The second-order valence-electron chi connectivity index (χ2n) is 5.82. The van der Waals surface area contributed by atoms with Crippen molar-refractivity contribution < 1.29 is 35.5 Å². The number of hydrogen-bond donors (Lipinski definition) is 2. The van der Waals surface area contributed by atoms with E-state index in [2.05, 4.69) is 0 Å². The van der Waals surface area contributed by atoms with Gasteiger partial charge < -0.3 is 0 Å². The highest BCUT2D eigenvalue weighted by Crippen LogP contribution is 2.30. The highest BCUT2D eigenvalue weighted by molar-refractivity contribution is 7.85. The summed E-state index contributed by atoms with van der Waals surface area (Å²) in [6.45, 7) is 0. The van der Waals surface area contributed by atoms with E-state index < -0.39 is 43.3 Å². The maximum Gasteiger partial charge on any atom is 0.269 e. The molecule has 0 aromatic heterocycles. The van der Waals surface area contributed by atoms with Crippen molar-refractivity contribution in [1.29, 1.82) is 0 Å². The van der Waals surface area contributed by atoms with Crippen molar-refractivity contribution in [3.05, 3.63) is 69.8 Å². The van der Waals surface area contributed by atoms with Gasteiger partial charge in [-0.25, -0.2) is 0 Å². The summed E-state index contributed by atoms with van der Waals surface area (Å²) in [6.07, 6.45) is 0. The third kappa shape index (κ3) is 3.58. The number of fused-ring (bicyclic) bond motifs is 2. The quantitative estimate of drug-likeness (QED) is 0.627. The van der Waals surface area contributed by atoms with E-state index in [4.69, 9.17) is 9.11 Å². The van der Waals surface area contributed by atoms with Crippen LogP contribution in [0.1, 0.15) is 43.0 Å². The van der Waals surface area contributed by atoms with E-state index in [1.165, 1.54) is 12.1 Å². The normalized spacial score (nSPS) is 14.1. The Labute approximate surface area is 149 Å². The van der Waals surface area contributed by atoms with Gasteiger partial charge in [-0.05, 0) is 23.3 Å². The molecule has 2 aromatic rings. The lowest BCUT2D eigenvalue weighted by Gasteiger charge is -2.20. The van der Waals surface area contributed by atoms with Gasteiger partial charge in [0.2, 0.25) is 0 Å². The zero-order chi connectivity index (χ0) is 19.3. The number of benzene rings is 2. The molecule has 1 aliphatic rings. The fourth-order valence-electron chi connectivity index (χ4n) is 2.90. The lowest BCUT2D eigenvalue weighted by atomic mass is 9.82. The largest absolute Gasteiger partial charge is 0.289 e. The van der Waals surface area contributed by atoms with Crippen molar-refractivity contribution in [2.24, 2.45) is 0 Å². The maximum atomic E-state index is 12.6. The van der Waals surface area contributed by atoms with Gasteiger partial charge in [0.05, 0.1) is 0 Å². The first-order valence-corrected chi connectivity index (χ1v) is 10.4. The predicted octanol–water partition coefficient (Wildman–Crippen LogP) is 1.24. The van der Waals surface area contributed by atoms with Crippen molar-refractivity contribution >= 4 is 31.8 Å². The Morgan fingerprint density at radius 1 is 0.654 bits per heavy atom. The van der Waals surface area contributed by atoms with E-state index in [-0.39, 0.29) is 33.4 Å². The van der Waals surface area contributed by atoms with Gasteiger partial charge in [-0.1, -0.05) is 24.3 Å². The van der Waals surface area contributed by atoms with Gasteiger partial charge in [0, 0.05) is 22.3 Å². The summed E-state index contributed by atoms with van der Waals surface area (Å²) in [7, 11) is -9.09. The van der Waals surface area contributed by atoms with Gasteiger partial charge in [0.1, 0.15) is 11.5 Å². The second kappa shape index (κ2) is 6.09. The molecule has 0 saturated carbocycles. The van der Waals surface area contributed by atoms with Crippen LogP contribution in [0.5, 0.6) is 0 Å². The molecule has 136 valence electrons. The average Bonchev–Trinajstić information content (AvgIpc) is 2.51. The van der Waals surface area contributed by atoms with Crippen molar-refractivity contribution in [2.45, 2.75) is 11.5 Å². The summed E-state index contributed by atoms with van der Waals surface area (Å²) in [4.78, 5) is 25.3. The maximum absolute atomic E-state index is 12.6. The molecule has 0 spiro atoms. The number of carbonyl (C=O) groups excluding carboxylic acids is 2. The highest BCUT2D eigenvalue weighted by Gasteiger charge is 2.31.